The molecule has 8 N–H and O–H groups in total. The van der Waals surface area contributed by atoms with Gasteiger partial charge < -0.3 is 0 Å². The third kappa shape index (κ3) is 5.49. The Morgan fingerprint density at radius 2 is 1.77 bits per heavy atom. The Balaban J connectivity index is 3.35. The van der Waals surface area contributed by atoms with Gasteiger partial charge in [0.25, 0.3) is 0 Å². The Kier molecular flexibility index (Phi) is 7.77. The van der Waals surface area contributed by atoms with E-state index in [-0.39, 0.29) is 0 Å². The summed E-state index contributed by atoms with van der Waals surface area (Å²) in [6.45, 7) is -1.12. The fraction of sp³-hybridized carbons (Fsp3) is 0.417. The van der Waals surface area contributed by atoms with Gasteiger partial charge in [-0.15, -0.1) is 0 Å². The number of sulfonamides is 1. The zero-order valence-electron chi connectivity index (χ0n) is 13.0. The van der Waals surface area contributed by atoms with Crippen molar-refractivity contribution in [2.24, 2.45) is 5.14 Å². The van der Waals surface area contributed by atoms with E-state index in [1.807, 2.05) is 0 Å². The number of aliphatic hydroxyl groups is 4. The fourth-order valence-electron chi connectivity index (χ4n) is 1.94. The molecule has 148 valence electrons. The van der Waals surface area contributed by atoms with Crippen LogP contribution in [0, 0.1) is 0 Å². The van der Waals surface area contributed by atoms with E-state index in [4.69, 9.17) is 18.4 Å². The number of benzene rings is 1. The summed E-state index contributed by atoms with van der Waals surface area (Å²) in [5, 5.41) is 51.5. The molecule has 12 nitrogen and oxygen atoms in total. The first-order chi connectivity index (χ1) is 11.8. The first-order valence-corrected chi connectivity index (χ1v) is 12.9. The average molecular weight is 506 g/mol. The number of carbonyl (C=O) groups is 1. The molecule has 0 saturated heterocycles. The molecule has 0 aromatic heterocycles. The Hall–Kier alpha value is -1.02. The van der Waals surface area contributed by atoms with E-state index < -0.39 is 75.1 Å². The molecule has 26 heavy (non-hydrogen) atoms. The van der Waals surface area contributed by atoms with Crippen molar-refractivity contribution in [1.29, 1.82) is 0 Å². The van der Waals surface area contributed by atoms with Gasteiger partial charge in [-0.1, -0.05) is 0 Å². The second-order valence-electron chi connectivity index (χ2n) is 5.13. The summed E-state index contributed by atoms with van der Waals surface area (Å²) in [5.41, 5.74) is 0. The molecular weight excluding hydrogens is 488 g/mol. The molecule has 0 fully saturated rings. The predicted octanol–water partition coefficient (Wildman–Crippen LogP) is -4.55. The minimum atomic E-state index is -6.22. The van der Waals surface area contributed by atoms with Crippen molar-refractivity contribution in [2.45, 2.75) is 29.3 Å². The van der Waals surface area contributed by atoms with E-state index in [2.05, 4.69) is 0 Å². The predicted molar refractivity (Wildman–Crippen MR) is 83.7 cm³/mol. The van der Waals surface area contributed by atoms with Gasteiger partial charge in [-0.25, -0.2) is 0 Å². The van der Waals surface area contributed by atoms with Crippen LogP contribution in [0.1, 0.15) is 0 Å². The van der Waals surface area contributed by atoms with Crippen LogP contribution in [0.15, 0.2) is 29.2 Å². The van der Waals surface area contributed by atoms with Crippen molar-refractivity contribution in [3.05, 3.63) is 24.3 Å². The maximum absolute atomic E-state index is 12.6. The number of aliphatic carboxylic acids is 1. The van der Waals surface area contributed by atoms with Gasteiger partial charge in [-0.05, 0) is 0 Å². The second kappa shape index (κ2) is 8.78. The van der Waals surface area contributed by atoms with E-state index in [1.54, 1.807) is 0 Å². The van der Waals surface area contributed by atoms with E-state index >= 15 is 0 Å². The molecule has 1 aromatic carbocycles. The number of primary sulfonamides is 1. The maximum atomic E-state index is 12.6. The number of aliphatic hydroxyl groups excluding tert-OH is 4. The fourth-order valence-corrected chi connectivity index (χ4v) is 8.25. The first-order valence-electron chi connectivity index (χ1n) is 6.84. The number of hydrogen-bond acceptors (Lipinski definition) is 9. The van der Waals surface area contributed by atoms with Crippen LogP contribution in [0.4, 0.5) is 0 Å². The van der Waals surface area contributed by atoms with E-state index in [1.165, 1.54) is 12.1 Å². The van der Waals surface area contributed by atoms with Crippen molar-refractivity contribution in [1.82, 2.24) is 0 Å². The summed E-state index contributed by atoms with van der Waals surface area (Å²) in [6, 6.07) is 4.25. The first kappa shape index (κ1) is 23.0. The molecule has 0 amide bonds. The minimum absolute atomic E-state index is 0.722. The molecule has 0 aliphatic heterocycles. The Morgan fingerprint density at radius 1 is 1.23 bits per heavy atom. The Morgan fingerprint density at radius 3 is 2.23 bits per heavy atom. The summed E-state index contributed by atoms with van der Waals surface area (Å²) in [4.78, 5) is 10.0. The van der Waals surface area contributed by atoms with Crippen LogP contribution in [-0.4, -0.2) is 94.0 Å². The molecule has 1 aromatic rings. The van der Waals surface area contributed by atoms with Crippen molar-refractivity contribution in [2.75, 3.05) is 6.61 Å². The number of rotatable bonds is 9. The molecule has 0 spiro atoms. The van der Waals surface area contributed by atoms with Gasteiger partial charge in [-0.3, -0.25) is 0 Å². The molecule has 0 saturated carbocycles. The molecule has 0 radical (unpaired) electrons. The van der Waals surface area contributed by atoms with Crippen molar-refractivity contribution in [3.63, 3.8) is 0 Å². The zero-order chi connectivity index (χ0) is 20.3. The number of nitrogens with two attached hydrogens (primary N) is 1. The van der Waals surface area contributed by atoms with E-state index in [0.717, 1.165) is 12.1 Å². The van der Waals surface area contributed by atoms with Crippen LogP contribution < -0.4 is 8.65 Å². The molecule has 0 heterocycles. The van der Waals surface area contributed by atoms with Gasteiger partial charge in [0.05, 0.1) is 0 Å². The second-order valence-corrected chi connectivity index (χ2v) is 11.6. The summed E-state index contributed by atoms with van der Waals surface area (Å²) < 4.78 is 49.9. The van der Waals surface area contributed by atoms with Crippen LogP contribution in [0.5, 0.6) is 0 Å². The molecule has 1 unspecified atom stereocenters. The number of carboxylic acids is 1. The number of hydrogen-bond donors (Lipinski definition) is 7. The summed E-state index contributed by atoms with van der Waals surface area (Å²) in [5.74, 6) is -1.93. The topological polar surface area (TPSA) is 225 Å². The molecule has 0 aliphatic rings. The van der Waals surface area contributed by atoms with E-state index in [9.17, 15) is 34.9 Å². The average Bonchev–Trinajstić information content (AvgIpc) is 2.56. The van der Waals surface area contributed by atoms with Crippen LogP contribution in [-0.2, 0) is 20.9 Å². The summed E-state index contributed by atoms with van der Waals surface area (Å²) >= 11 is -6.22. The zero-order valence-corrected chi connectivity index (χ0v) is 16.4. The summed E-state index contributed by atoms with van der Waals surface area (Å²) in [6.07, 6.45) is -9.20. The SMILES string of the molecule is NS(=O)(=O)c1cccc[c]1[Sb](=[O])([OH])[O][C@@H]([C@H](O)[C@@H](O)C(=O)O)[C@H](O)CO. The van der Waals surface area contributed by atoms with Gasteiger partial charge in [0, 0.05) is 0 Å². The summed E-state index contributed by atoms with van der Waals surface area (Å²) in [7, 11) is -4.44. The monoisotopic (exact) mass is 505 g/mol. The quantitative estimate of drug-likeness (QED) is 0.158. The van der Waals surface area contributed by atoms with Crippen LogP contribution in [0.2, 0.25) is 0 Å². The van der Waals surface area contributed by atoms with Gasteiger partial charge >= 0.3 is 153 Å². The Bertz CT molecular complexity index is 798. The normalized spacial score (nSPS) is 19.2. The molecule has 5 atom stereocenters. The molecule has 1 rings (SSSR count). The van der Waals surface area contributed by atoms with Gasteiger partial charge in [-0.2, -0.15) is 0 Å². The van der Waals surface area contributed by atoms with E-state index in [0.29, 0.717) is 0 Å². The third-order valence-electron chi connectivity index (χ3n) is 3.22. The molecule has 14 heteroatoms. The van der Waals surface area contributed by atoms with Gasteiger partial charge in [0.2, 0.25) is 0 Å². The number of carboxylic acid groups (broad SMARTS) is 1. The standard InChI is InChI=1S/C6H6NO2S.C6H11O7.H2O.O.Sb/c7-10(8,9)6-4-2-1-3-5-6;7-1-2(8)3(9)4(10)5(11)6(12)13;;;/h1-4H,(H2,7,8,9);2-5,7-8,10-11H,1H2,(H,12,13);1H2;;/q;-1;;;+2/p-1/t;2-,3-,4+,5-;;;/m.1.../s1. The molecule has 0 bridgehead atoms. The molecular formula is C12H18NO11SSb. The molecule has 0 aliphatic carbocycles. The van der Waals surface area contributed by atoms with Crippen LogP contribution in [0.25, 0.3) is 0 Å². The van der Waals surface area contributed by atoms with Crippen molar-refractivity contribution >= 4 is 39.1 Å². The van der Waals surface area contributed by atoms with Crippen molar-refractivity contribution < 1.29 is 48.2 Å². The van der Waals surface area contributed by atoms with Crippen molar-refractivity contribution in [3.8, 4) is 0 Å². The Labute approximate surface area is 152 Å². The van der Waals surface area contributed by atoms with Gasteiger partial charge in [0.1, 0.15) is 0 Å². The van der Waals surface area contributed by atoms with Gasteiger partial charge in [0.15, 0.2) is 0 Å². The van der Waals surface area contributed by atoms with Crippen LogP contribution >= 0.6 is 0 Å². The third-order valence-corrected chi connectivity index (χ3v) is 9.00. The van der Waals surface area contributed by atoms with Crippen LogP contribution in [0.3, 0.4) is 0 Å².